The van der Waals surface area contributed by atoms with Gasteiger partial charge < -0.3 is 20.0 Å². The lowest BCUT2D eigenvalue weighted by Gasteiger charge is -2.34. The fourth-order valence-electron chi connectivity index (χ4n) is 4.08. The molecule has 3 rings (SSSR count). The molecule has 2 fully saturated rings. The Hall–Kier alpha value is -2.57. The van der Waals surface area contributed by atoms with E-state index in [-0.39, 0.29) is 23.8 Å². The quantitative estimate of drug-likeness (QED) is 0.798. The Morgan fingerprint density at radius 2 is 1.72 bits per heavy atom. The zero-order valence-electron chi connectivity index (χ0n) is 17.5. The predicted octanol–water partition coefficient (Wildman–Crippen LogP) is 2.60. The van der Waals surface area contributed by atoms with Gasteiger partial charge in [0.2, 0.25) is 11.8 Å². The summed E-state index contributed by atoms with van der Waals surface area (Å²) < 4.78 is 0. The number of hydrogen-bond acceptors (Lipinski definition) is 3. The highest BCUT2D eigenvalue weighted by molar-refractivity contribution is 5.95. The van der Waals surface area contributed by atoms with Gasteiger partial charge in [-0.15, -0.1) is 0 Å². The van der Waals surface area contributed by atoms with E-state index in [1.165, 1.54) is 0 Å². The SMILES string of the molecule is CCN(CC)C(=O)N1CCC(C(=O)NCc2ccc(N3CCCC3=O)cc2)CC1. The van der Waals surface area contributed by atoms with Crippen molar-refractivity contribution in [1.29, 1.82) is 0 Å². The normalized spacial score (nSPS) is 17.5. The highest BCUT2D eigenvalue weighted by atomic mass is 16.2. The number of hydrogen-bond donors (Lipinski definition) is 1. The minimum atomic E-state index is -0.0442. The average molecular weight is 401 g/mol. The van der Waals surface area contributed by atoms with Crippen LogP contribution in [0.4, 0.5) is 10.5 Å². The van der Waals surface area contributed by atoms with Gasteiger partial charge in [0.1, 0.15) is 0 Å². The second-order valence-electron chi connectivity index (χ2n) is 7.75. The summed E-state index contributed by atoms with van der Waals surface area (Å²) in [6.45, 7) is 7.91. The van der Waals surface area contributed by atoms with Crippen LogP contribution >= 0.6 is 0 Å². The Morgan fingerprint density at radius 3 is 2.28 bits per heavy atom. The molecule has 2 aliphatic heterocycles. The van der Waals surface area contributed by atoms with E-state index in [1.807, 2.05) is 52.8 Å². The van der Waals surface area contributed by atoms with Gasteiger partial charge in [0.15, 0.2) is 0 Å². The second-order valence-corrected chi connectivity index (χ2v) is 7.75. The molecule has 1 N–H and O–H groups in total. The van der Waals surface area contributed by atoms with Crippen molar-refractivity contribution in [3.8, 4) is 0 Å². The van der Waals surface area contributed by atoms with Crippen LogP contribution in [0.2, 0.25) is 0 Å². The first-order valence-electron chi connectivity index (χ1n) is 10.7. The molecular weight excluding hydrogens is 368 g/mol. The van der Waals surface area contributed by atoms with Gasteiger partial charge in [-0.2, -0.15) is 0 Å². The van der Waals surface area contributed by atoms with Crippen LogP contribution in [0.5, 0.6) is 0 Å². The first kappa shape index (κ1) is 21.1. The predicted molar refractivity (Wildman–Crippen MR) is 112 cm³/mol. The van der Waals surface area contributed by atoms with Crippen molar-refractivity contribution in [1.82, 2.24) is 15.1 Å². The van der Waals surface area contributed by atoms with Crippen LogP contribution in [0.15, 0.2) is 24.3 Å². The van der Waals surface area contributed by atoms with Gasteiger partial charge in [-0.3, -0.25) is 9.59 Å². The minimum Gasteiger partial charge on any atom is -0.352 e. The van der Waals surface area contributed by atoms with Crippen molar-refractivity contribution in [2.75, 3.05) is 37.6 Å². The van der Waals surface area contributed by atoms with Gasteiger partial charge in [0, 0.05) is 57.3 Å². The van der Waals surface area contributed by atoms with Gasteiger partial charge in [-0.1, -0.05) is 12.1 Å². The number of piperidine rings is 1. The lowest BCUT2D eigenvalue weighted by molar-refractivity contribution is -0.126. The third kappa shape index (κ3) is 5.08. The summed E-state index contributed by atoms with van der Waals surface area (Å²) in [5, 5.41) is 3.02. The topological polar surface area (TPSA) is 73.0 Å². The van der Waals surface area contributed by atoms with E-state index in [4.69, 9.17) is 0 Å². The first-order chi connectivity index (χ1) is 14.0. The molecular formula is C22H32N4O3. The maximum Gasteiger partial charge on any atom is 0.319 e. The molecule has 0 atom stereocenters. The van der Waals surface area contributed by atoms with Crippen LogP contribution < -0.4 is 10.2 Å². The Balaban J connectivity index is 1.44. The number of carbonyl (C=O) groups excluding carboxylic acids is 3. The van der Waals surface area contributed by atoms with Crippen LogP contribution in [-0.4, -0.2) is 60.4 Å². The molecule has 0 aromatic heterocycles. The van der Waals surface area contributed by atoms with Gasteiger partial charge >= 0.3 is 6.03 Å². The van der Waals surface area contributed by atoms with Crippen molar-refractivity contribution >= 4 is 23.5 Å². The summed E-state index contributed by atoms with van der Waals surface area (Å²) in [5.74, 6) is 0.188. The Labute approximate surface area is 173 Å². The van der Waals surface area contributed by atoms with E-state index in [9.17, 15) is 14.4 Å². The maximum absolute atomic E-state index is 12.5. The summed E-state index contributed by atoms with van der Waals surface area (Å²) in [6, 6.07) is 7.90. The molecule has 4 amide bonds. The smallest absolute Gasteiger partial charge is 0.319 e. The summed E-state index contributed by atoms with van der Waals surface area (Å²) >= 11 is 0. The van der Waals surface area contributed by atoms with Crippen molar-refractivity contribution in [3.05, 3.63) is 29.8 Å². The summed E-state index contributed by atoms with van der Waals surface area (Å²) in [5.41, 5.74) is 1.94. The molecule has 1 aromatic carbocycles. The van der Waals surface area contributed by atoms with Gasteiger partial charge in [-0.05, 0) is 50.8 Å². The molecule has 2 heterocycles. The van der Waals surface area contributed by atoms with Gasteiger partial charge in [0.05, 0.1) is 0 Å². The van der Waals surface area contributed by atoms with Crippen molar-refractivity contribution < 1.29 is 14.4 Å². The van der Waals surface area contributed by atoms with Crippen LogP contribution in [0.3, 0.4) is 0 Å². The first-order valence-corrected chi connectivity index (χ1v) is 10.7. The molecule has 0 saturated carbocycles. The number of anilines is 1. The molecule has 0 bridgehead atoms. The fourth-order valence-corrected chi connectivity index (χ4v) is 4.08. The Bertz CT molecular complexity index is 722. The van der Waals surface area contributed by atoms with Crippen LogP contribution in [0.25, 0.3) is 0 Å². The van der Waals surface area contributed by atoms with Crippen LogP contribution in [0, 0.1) is 5.92 Å². The maximum atomic E-state index is 12.5. The molecule has 29 heavy (non-hydrogen) atoms. The van der Waals surface area contributed by atoms with Gasteiger partial charge in [0.25, 0.3) is 0 Å². The zero-order valence-corrected chi connectivity index (χ0v) is 17.5. The van der Waals surface area contributed by atoms with Crippen LogP contribution in [-0.2, 0) is 16.1 Å². The summed E-state index contributed by atoms with van der Waals surface area (Å²) in [7, 11) is 0. The van der Waals surface area contributed by atoms with E-state index >= 15 is 0 Å². The molecule has 1 aromatic rings. The zero-order chi connectivity index (χ0) is 20.8. The Kier molecular flexibility index (Phi) is 7.12. The van der Waals surface area contributed by atoms with Crippen molar-refractivity contribution in [2.45, 2.75) is 46.1 Å². The van der Waals surface area contributed by atoms with Gasteiger partial charge in [-0.25, -0.2) is 4.79 Å². The molecule has 0 aliphatic carbocycles. The van der Waals surface area contributed by atoms with E-state index in [2.05, 4.69) is 5.32 Å². The molecule has 158 valence electrons. The van der Waals surface area contributed by atoms with Crippen molar-refractivity contribution in [2.24, 2.45) is 5.92 Å². The standard InChI is InChI=1S/C22H32N4O3/c1-3-24(4-2)22(29)25-14-11-18(12-15-25)21(28)23-16-17-7-9-19(10-8-17)26-13-5-6-20(26)27/h7-10,18H,3-6,11-16H2,1-2H3,(H,23,28). The van der Waals surface area contributed by atoms with Crippen LogP contribution in [0.1, 0.15) is 45.1 Å². The van der Waals surface area contributed by atoms with E-state index < -0.39 is 0 Å². The fraction of sp³-hybridized carbons (Fsp3) is 0.591. The number of rotatable bonds is 6. The largest absolute Gasteiger partial charge is 0.352 e. The third-order valence-corrected chi connectivity index (χ3v) is 5.96. The third-order valence-electron chi connectivity index (χ3n) is 5.96. The number of amides is 4. The number of likely N-dealkylation sites (tertiary alicyclic amines) is 1. The molecule has 0 spiro atoms. The number of benzene rings is 1. The second kappa shape index (κ2) is 9.76. The van der Waals surface area contributed by atoms with E-state index in [0.29, 0.717) is 52.0 Å². The molecule has 2 aliphatic rings. The minimum absolute atomic E-state index is 0.0442. The molecule has 7 heteroatoms. The summed E-state index contributed by atoms with van der Waals surface area (Å²) in [6.07, 6.45) is 2.94. The molecule has 2 saturated heterocycles. The number of urea groups is 1. The lowest BCUT2D eigenvalue weighted by atomic mass is 9.96. The van der Waals surface area contributed by atoms with E-state index in [1.54, 1.807) is 0 Å². The number of nitrogens with one attached hydrogen (secondary N) is 1. The molecule has 7 nitrogen and oxygen atoms in total. The highest BCUT2D eigenvalue weighted by Crippen LogP contribution is 2.22. The monoisotopic (exact) mass is 400 g/mol. The van der Waals surface area contributed by atoms with E-state index in [0.717, 1.165) is 24.2 Å². The highest BCUT2D eigenvalue weighted by Gasteiger charge is 2.28. The molecule has 0 radical (unpaired) electrons. The Morgan fingerprint density at radius 1 is 1.07 bits per heavy atom. The molecule has 0 unspecified atom stereocenters. The number of carbonyl (C=O) groups is 3. The lowest BCUT2D eigenvalue weighted by Crippen LogP contribution is -2.48. The van der Waals surface area contributed by atoms with Crippen molar-refractivity contribution in [3.63, 3.8) is 0 Å². The summed E-state index contributed by atoms with van der Waals surface area (Å²) in [4.78, 5) is 42.3. The average Bonchev–Trinajstić information content (AvgIpc) is 3.19. The number of nitrogens with zero attached hydrogens (tertiary/aromatic N) is 3.